The summed E-state index contributed by atoms with van der Waals surface area (Å²) >= 11 is 6.00. The molecule has 0 aliphatic carbocycles. The van der Waals surface area contributed by atoms with E-state index >= 15 is 0 Å². The normalized spacial score (nSPS) is 12.0. The van der Waals surface area contributed by atoms with Crippen LogP contribution in [0.15, 0.2) is 41.3 Å². The van der Waals surface area contributed by atoms with Crippen LogP contribution in [0, 0.1) is 10.1 Å². The molecule has 174 valence electrons. The van der Waals surface area contributed by atoms with E-state index in [1.807, 2.05) is 0 Å². The average Bonchev–Trinajstić information content (AvgIpc) is 2.71. The Bertz CT molecular complexity index is 1140. The molecule has 32 heavy (non-hydrogen) atoms. The minimum Gasteiger partial charge on any atom is -0.292 e. The average molecular weight is 495 g/mol. The molecule has 14 heteroatoms. The molecule has 0 fully saturated rings. The van der Waals surface area contributed by atoms with Crippen LogP contribution in [0.25, 0.3) is 0 Å². The Hall–Kier alpha value is -2.90. The summed E-state index contributed by atoms with van der Waals surface area (Å²) in [6.07, 6.45) is -4.79. The molecule has 2 aromatic rings. The standard InChI is InChI=1S/C18H18ClF3N4O5S/c1-3-25(4-2)32(30,31)16-9-11(5-7-13(16)19)17(27)24-23-14-8-6-12(18(20,21)22)10-15(14)26(28)29/h5-10,23H,3-4H2,1-2H3,(H,24,27). The number of hydrazine groups is 1. The lowest BCUT2D eigenvalue weighted by molar-refractivity contribution is -0.384. The lowest BCUT2D eigenvalue weighted by Crippen LogP contribution is -2.32. The van der Waals surface area contributed by atoms with Gasteiger partial charge in [0, 0.05) is 24.7 Å². The van der Waals surface area contributed by atoms with E-state index in [0.29, 0.717) is 12.1 Å². The van der Waals surface area contributed by atoms with Gasteiger partial charge in [-0.15, -0.1) is 0 Å². The van der Waals surface area contributed by atoms with Gasteiger partial charge in [-0.25, -0.2) is 8.42 Å². The van der Waals surface area contributed by atoms with Gasteiger partial charge in [-0.2, -0.15) is 17.5 Å². The van der Waals surface area contributed by atoms with Crippen molar-refractivity contribution in [1.82, 2.24) is 9.73 Å². The van der Waals surface area contributed by atoms with E-state index in [1.165, 1.54) is 12.1 Å². The van der Waals surface area contributed by atoms with Crippen molar-refractivity contribution in [2.75, 3.05) is 18.5 Å². The molecule has 0 radical (unpaired) electrons. The van der Waals surface area contributed by atoms with Gasteiger partial charge in [0.1, 0.15) is 10.6 Å². The Balaban J connectivity index is 2.31. The highest BCUT2D eigenvalue weighted by Crippen LogP contribution is 2.34. The van der Waals surface area contributed by atoms with E-state index in [0.717, 1.165) is 16.4 Å². The van der Waals surface area contributed by atoms with E-state index < -0.39 is 44.0 Å². The topological polar surface area (TPSA) is 122 Å². The SMILES string of the molecule is CCN(CC)S(=O)(=O)c1cc(C(=O)NNc2ccc(C(F)(F)F)cc2[N+](=O)[O-])ccc1Cl. The number of carbonyl (C=O) groups excluding carboxylic acids is 1. The van der Waals surface area contributed by atoms with Crippen molar-refractivity contribution in [3.05, 3.63) is 62.7 Å². The van der Waals surface area contributed by atoms with E-state index in [9.17, 15) is 36.5 Å². The smallest absolute Gasteiger partial charge is 0.292 e. The highest BCUT2D eigenvalue weighted by molar-refractivity contribution is 7.89. The number of rotatable bonds is 8. The number of anilines is 1. The first-order chi connectivity index (χ1) is 14.8. The minimum atomic E-state index is -4.79. The van der Waals surface area contributed by atoms with Crippen molar-refractivity contribution >= 4 is 38.9 Å². The van der Waals surface area contributed by atoms with Gasteiger partial charge in [0.05, 0.1) is 15.5 Å². The summed E-state index contributed by atoms with van der Waals surface area (Å²) in [4.78, 5) is 22.2. The van der Waals surface area contributed by atoms with Gasteiger partial charge < -0.3 is 0 Å². The van der Waals surface area contributed by atoms with Crippen molar-refractivity contribution in [3.63, 3.8) is 0 Å². The molecule has 2 aromatic carbocycles. The van der Waals surface area contributed by atoms with Crippen molar-refractivity contribution in [1.29, 1.82) is 0 Å². The van der Waals surface area contributed by atoms with Crippen LogP contribution < -0.4 is 10.9 Å². The van der Waals surface area contributed by atoms with Gasteiger partial charge in [-0.1, -0.05) is 25.4 Å². The lowest BCUT2D eigenvalue weighted by Gasteiger charge is -2.19. The van der Waals surface area contributed by atoms with E-state index in [1.54, 1.807) is 13.8 Å². The summed E-state index contributed by atoms with van der Waals surface area (Å²) in [7, 11) is -3.99. The molecule has 0 heterocycles. The second-order valence-corrected chi connectivity index (χ2v) is 8.61. The molecule has 0 bridgehead atoms. The Morgan fingerprint density at radius 2 is 1.78 bits per heavy atom. The van der Waals surface area contributed by atoms with Crippen LogP contribution in [-0.4, -0.2) is 36.6 Å². The number of nitrogens with zero attached hydrogens (tertiary/aromatic N) is 2. The number of nitrogens with one attached hydrogen (secondary N) is 2. The van der Waals surface area contributed by atoms with Crippen LogP contribution in [0.5, 0.6) is 0 Å². The number of benzene rings is 2. The molecule has 0 aliphatic rings. The van der Waals surface area contributed by atoms with Crippen LogP contribution in [0.4, 0.5) is 24.5 Å². The van der Waals surface area contributed by atoms with Crippen molar-refractivity contribution in [2.45, 2.75) is 24.9 Å². The molecule has 0 atom stereocenters. The fourth-order valence-electron chi connectivity index (χ4n) is 2.71. The number of carbonyl (C=O) groups is 1. The van der Waals surface area contributed by atoms with Gasteiger partial charge in [-0.05, 0) is 30.3 Å². The van der Waals surface area contributed by atoms with Crippen molar-refractivity contribution < 1.29 is 31.3 Å². The number of nitro benzene ring substituents is 1. The second-order valence-electron chi connectivity index (χ2n) is 6.30. The predicted molar refractivity (Wildman–Crippen MR) is 111 cm³/mol. The molecular weight excluding hydrogens is 477 g/mol. The van der Waals surface area contributed by atoms with Gasteiger partial charge in [0.25, 0.3) is 11.6 Å². The van der Waals surface area contributed by atoms with Crippen LogP contribution in [0.2, 0.25) is 5.02 Å². The summed E-state index contributed by atoms with van der Waals surface area (Å²) in [5.74, 6) is -0.896. The Labute approximate surface area is 186 Å². The zero-order chi connectivity index (χ0) is 24.3. The summed E-state index contributed by atoms with van der Waals surface area (Å²) in [6.45, 7) is 3.61. The predicted octanol–water partition coefficient (Wildman–Crippen LogP) is 4.05. The molecule has 0 unspecified atom stereocenters. The summed E-state index contributed by atoms with van der Waals surface area (Å²) in [6, 6.07) is 5.19. The van der Waals surface area contributed by atoms with E-state index in [2.05, 4.69) is 10.9 Å². The highest BCUT2D eigenvalue weighted by Gasteiger charge is 2.33. The third-order valence-corrected chi connectivity index (χ3v) is 6.88. The largest absolute Gasteiger partial charge is 0.416 e. The molecule has 2 rings (SSSR count). The molecule has 2 N–H and O–H groups in total. The van der Waals surface area contributed by atoms with Crippen molar-refractivity contribution in [3.8, 4) is 0 Å². The summed E-state index contributed by atoms with van der Waals surface area (Å²) < 4.78 is 65.0. The summed E-state index contributed by atoms with van der Waals surface area (Å²) in [5, 5.41) is 11.0. The maximum atomic E-state index is 12.8. The van der Waals surface area contributed by atoms with E-state index in [4.69, 9.17) is 11.6 Å². The number of nitro groups is 1. The molecule has 0 saturated heterocycles. The number of hydrogen-bond acceptors (Lipinski definition) is 6. The third-order valence-electron chi connectivity index (χ3n) is 4.35. The highest BCUT2D eigenvalue weighted by atomic mass is 35.5. The third kappa shape index (κ3) is 5.47. The lowest BCUT2D eigenvalue weighted by atomic mass is 10.1. The zero-order valence-corrected chi connectivity index (χ0v) is 18.3. The number of amides is 1. The first-order valence-electron chi connectivity index (χ1n) is 9.04. The number of hydrogen-bond donors (Lipinski definition) is 2. The first kappa shape index (κ1) is 25.4. The van der Waals surface area contributed by atoms with Crippen LogP contribution >= 0.6 is 11.6 Å². The fourth-order valence-corrected chi connectivity index (χ4v) is 4.66. The number of sulfonamides is 1. The quantitative estimate of drug-likeness (QED) is 0.421. The molecular formula is C18H18ClF3N4O5S. The molecule has 0 aliphatic heterocycles. The van der Waals surface area contributed by atoms with Gasteiger partial charge in [-0.3, -0.25) is 25.8 Å². The number of alkyl halides is 3. The maximum Gasteiger partial charge on any atom is 0.416 e. The Morgan fingerprint density at radius 3 is 2.31 bits per heavy atom. The Kier molecular flexibility index (Phi) is 7.70. The van der Waals surface area contributed by atoms with Gasteiger partial charge >= 0.3 is 6.18 Å². The number of halogens is 4. The molecule has 0 saturated carbocycles. The fraction of sp³-hybridized carbons (Fsp3) is 0.278. The van der Waals surface area contributed by atoms with Gasteiger partial charge in [0.2, 0.25) is 10.0 Å². The van der Waals surface area contributed by atoms with Crippen LogP contribution in [0.1, 0.15) is 29.8 Å². The minimum absolute atomic E-state index is 0.111. The molecule has 9 nitrogen and oxygen atoms in total. The van der Waals surface area contributed by atoms with Gasteiger partial charge in [0.15, 0.2) is 0 Å². The Morgan fingerprint density at radius 1 is 1.16 bits per heavy atom. The monoisotopic (exact) mass is 494 g/mol. The molecule has 0 aromatic heterocycles. The first-order valence-corrected chi connectivity index (χ1v) is 10.9. The zero-order valence-electron chi connectivity index (χ0n) is 16.7. The summed E-state index contributed by atoms with van der Waals surface area (Å²) in [5.41, 5.74) is 1.59. The maximum absolute atomic E-state index is 12.8. The van der Waals surface area contributed by atoms with Crippen LogP contribution in [-0.2, 0) is 16.2 Å². The molecule has 1 amide bonds. The van der Waals surface area contributed by atoms with E-state index in [-0.39, 0.29) is 28.6 Å². The van der Waals surface area contributed by atoms with Crippen molar-refractivity contribution in [2.24, 2.45) is 0 Å². The second kappa shape index (κ2) is 9.71. The van der Waals surface area contributed by atoms with Crippen LogP contribution in [0.3, 0.4) is 0 Å². The molecule has 0 spiro atoms.